The molecule has 0 aliphatic carbocycles. The zero-order chi connectivity index (χ0) is 22.1. The van der Waals surface area contributed by atoms with Crippen molar-refractivity contribution in [1.29, 1.82) is 0 Å². The lowest BCUT2D eigenvalue weighted by Crippen LogP contribution is -2.32. The van der Waals surface area contributed by atoms with Crippen LogP contribution in [0.25, 0.3) is 0 Å². The molecule has 0 bridgehead atoms. The van der Waals surface area contributed by atoms with Gasteiger partial charge in [-0.3, -0.25) is 9.59 Å². The fraction of sp³-hybridized carbons (Fsp3) is 0.500. The van der Waals surface area contributed by atoms with E-state index in [1.54, 1.807) is 14.0 Å². The molecule has 2 saturated heterocycles. The van der Waals surface area contributed by atoms with Gasteiger partial charge in [0.2, 0.25) is 0 Å². The molecule has 31 heavy (non-hydrogen) atoms. The molecule has 3 atom stereocenters. The summed E-state index contributed by atoms with van der Waals surface area (Å²) in [6, 6.07) is 7.53. The van der Waals surface area contributed by atoms with Crippen LogP contribution in [0, 0.1) is 5.41 Å². The van der Waals surface area contributed by atoms with E-state index in [-0.39, 0.29) is 19.4 Å². The van der Waals surface area contributed by atoms with E-state index in [0.29, 0.717) is 23.2 Å². The van der Waals surface area contributed by atoms with Crippen LogP contribution in [-0.4, -0.2) is 43.4 Å². The lowest BCUT2D eigenvalue weighted by atomic mass is 9.78. The maximum absolute atomic E-state index is 12.8. The molecule has 1 spiro atoms. The molecule has 2 aliphatic heterocycles. The molecule has 0 unspecified atom stereocenters. The average Bonchev–Trinajstić information content (AvgIpc) is 3.41. The number of hydrogen-bond donors (Lipinski definition) is 1. The molecular formula is C22H26N2O6S. The standard InChI is InChI=1S/C22H26N2O6S/c1-4-9-28-11-14-10-22(18(25)29-14)13-21(2,30-19(22)26)17-12-31-20(24-17)23-15-7-5-6-8-16(15)27-3/h5-8,12,14H,4,9-11,13H2,1-3H3,(H,23,24)/t14-,21-,22-/m0/s1. The number of cyclic esters (lactones) is 2. The molecule has 1 aromatic heterocycles. The van der Waals surface area contributed by atoms with Crippen molar-refractivity contribution in [3.63, 3.8) is 0 Å². The van der Waals surface area contributed by atoms with E-state index in [1.807, 2.05) is 36.6 Å². The van der Waals surface area contributed by atoms with Crippen LogP contribution in [0.3, 0.4) is 0 Å². The number of hydrogen-bond acceptors (Lipinski definition) is 9. The first-order valence-electron chi connectivity index (χ1n) is 10.3. The second kappa shape index (κ2) is 8.47. The molecule has 2 aliphatic rings. The van der Waals surface area contributed by atoms with Crippen LogP contribution < -0.4 is 10.1 Å². The Morgan fingerprint density at radius 2 is 2.10 bits per heavy atom. The summed E-state index contributed by atoms with van der Waals surface area (Å²) in [5.41, 5.74) is -0.926. The van der Waals surface area contributed by atoms with E-state index in [4.69, 9.17) is 18.9 Å². The zero-order valence-corrected chi connectivity index (χ0v) is 18.6. The summed E-state index contributed by atoms with van der Waals surface area (Å²) in [7, 11) is 1.60. The summed E-state index contributed by atoms with van der Waals surface area (Å²) < 4.78 is 22.1. The minimum Gasteiger partial charge on any atom is -0.495 e. The number of esters is 2. The van der Waals surface area contributed by atoms with Gasteiger partial charge in [-0.2, -0.15) is 0 Å². The minimum absolute atomic E-state index is 0.194. The Bertz CT molecular complexity index is 978. The average molecular weight is 447 g/mol. The van der Waals surface area contributed by atoms with Gasteiger partial charge in [0.05, 0.1) is 25.1 Å². The fourth-order valence-electron chi connectivity index (χ4n) is 4.11. The third-order valence-corrected chi connectivity index (χ3v) is 6.39. The summed E-state index contributed by atoms with van der Waals surface area (Å²) >= 11 is 1.39. The highest BCUT2D eigenvalue weighted by Gasteiger charge is 2.65. The molecule has 166 valence electrons. The number of para-hydroxylation sites is 2. The largest absolute Gasteiger partial charge is 0.495 e. The fourth-order valence-corrected chi connectivity index (χ4v) is 4.95. The number of nitrogens with one attached hydrogen (secondary N) is 1. The van der Waals surface area contributed by atoms with Crippen LogP contribution >= 0.6 is 11.3 Å². The maximum atomic E-state index is 12.8. The van der Waals surface area contributed by atoms with Gasteiger partial charge in [-0.25, -0.2) is 4.98 Å². The Balaban J connectivity index is 1.50. The van der Waals surface area contributed by atoms with Gasteiger partial charge < -0.3 is 24.3 Å². The van der Waals surface area contributed by atoms with Gasteiger partial charge in [0.1, 0.15) is 11.9 Å². The summed E-state index contributed by atoms with van der Waals surface area (Å²) in [6.07, 6.45) is 0.897. The van der Waals surface area contributed by atoms with E-state index < -0.39 is 29.1 Å². The van der Waals surface area contributed by atoms with Crippen LogP contribution in [-0.2, 0) is 29.4 Å². The van der Waals surface area contributed by atoms with Crippen LogP contribution in [0.1, 0.15) is 38.8 Å². The number of anilines is 2. The Morgan fingerprint density at radius 3 is 2.87 bits per heavy atom. The summed E-state index contributed by atoms with van der Waals surface area (Å²) in [5.74, 6) is -0.388. The van der Waals surface area contributed by atoms with Gasteiger partial charge in [0.25, 0.3) is 0 Å². The predicted octanol–water partition coefficient (Wildman–Crippen LogP) is 3.79. The van der Waals surface area contributed by atoms with Gasteiger partial charge in [-0.1, -0.05) is 19.1 Å². The Kier molecular flexibility index (Phi) is 5.90. The van der Waals surface area contributed by atoms with Crippen LogP contribution in [0.2, 0.25) is 0 Å². The second-order valence-electron chi connectivity index (χ2n) is 8.05. The number of carbonyl (C=O) groups is 2. The Labute approximate surface area is 184 Å². The van der Waals surface area contributed by atoms with E-state index in [2.05, 4.69) is 10.3 Å². The summed E-state index contributed by atoms with van der Waals surface area (Å²) in [5, 5.41) is 5.71. The third kappa shape index (κ3) is 3.99. The lowest BCUT2D eigenvalue weighted by Gasteiger charge is -2.20. The number of ether oxygens (including phenoxy) is 4. The molecule has 2 fully saturated rings. The van der Waals surface area contributed by atoms with E-state index in [9.17, 15) is 9.59 Å². The number of methoxy groups -OCH3 is 1. The molecule has 1 N–H and O–H groups in total. The van der Waals surface area contributed by atoms with E-state index >= 15 is 0 Å². The van der Waals surface area contributed by atoms with Crippen molar-refractivity contribution in [2.75, 3.05) is 25.6 Å². The summed E-state index contributed by atoms with van der Waals surface area (Å²) in [6.45, 7) is 4.67. The van der Waals surface area contributed by atoms with Crippen LogP contribution in [0.15, 0.2) is 29.6 Å². The Morgan fingerprint density at radius 1 is 1.29 bits per heavy atom. The predicted molar refractivity (Wildman–Crippen MR) is 114 cm³/mol. The summed E-state index contributed by atoms with van der Waals surface area (Å²) in [4.78, 5) is 30.1. The van der Waals surface area contributed by atoms with Gasteiger partial charge in [0.15, 0.2) is 16.1 Å². The third-order valence-electron chi connectivity index (χ3n) is 5.64. The van der Waals surface area contributed by atoms with Gasteiger partial charge in [-0.15, -0.1) is 11.3 Å². The molecule has 2 aromatic rings. The maximum Gasteiger partial charge on any atom is 0.324 e. The Hall–Kier alpha value is -2.65. The van der Waals surface area contributed by atoms with Crippen molar-refractivity contribution < 1.29 is 28.5 Å². The number of nitrogens with zero attached hydrogens (tertiary/aromatic N) is 1. The van der Waals surface area contributed by atoms with Crippen LogP contribution in [0.4, 0.5) is 10.8 Å². The molecule has 4 rings (SSSR count). The molecule has 8 nitrogen and oxygen atoms in total. The number of aromatic nitrogens is 1. The number of carbonyl (C=O) groups excluding carboxylic acids is 2. The van der Waals surface area contributed by atoms with Gasteiger partial charge in [-0.05, 0) is 25.5 Å². The zero-order valence-electron chi connectivity index (χ0n) is 17.8. The normalized spacial score (nSPS) is 27.4. The first kappa shape index (κ1) is 21.6. The highest BCUT2D eigenvalue weighted by molar-refractivity contribution is 7.13. The molecule has 0 radical (unpaired) electrons. The quantitative estimate of drug-likeness (QED) is 0.372. The van der Waals surface area contributed by atoms with E-state index in [0.717, 1.165) is 12.1 Å². The number of thiazole rings is 1. The number of benzene rings is 1. The smallest absolute Gasteiger partial charge is 0.324 e. The van der Waals surface area contributed by atoms with Gasteiger partial charge in [0, 0.05) is 24.8 Å². The first-order chi connectivity index (χ1) is 14.9. The van der Waals surface area contributed by atoms with Crippen molar-refractivity contribution >= 4 is 34.1 Å². The SMILES string of the molecule is CCCOC[C@@H]1C[C@]2(C[C@@](C)(c3csc(Nc4ccccc4OC)n3)OC2=O)C(=O)O1. The van der Waals surface area contributed by atoms with E-state index in [1.165, 1.54) is 11.3 Å². The van der Waals surface area contributed by atoms with Crippen molar-refractivity contribution in [2.45, 2.75) is 44.8 Å². The molecule has 1 aromatic carbocycles. The first-order valence-corrected chi connectivity index (χ1v) is 11.2. The molecule has 9 heteroatoms. The highest BCUT2D eigenvalue weighted by atomic mass is 32.1. The van der Waals surface area contributed by atoms with Gasteiger partial charge >= 0.3 is 11.9 Å². The lowest BCUT2D eigenvalue weighted by molar-refractivity contribution is -0.160. The minimum atomic E-state index is -1.30. The van der Waals surface area contributed by atoms with Crippen molar-refractivity contribution in [3.8, 4) is 5.75 Å². The molecular weight excluding hydrogens is 420 g/mol. The second-order valence-corrected chi connectivity index (χ2v) is 8.91. The van der Waals surface area contributed by atoms with Crippen LogP contribution in [0.5, 0.6) is 5.75 Å². The van der Waals surface area contributed by atoms with Crippen molar-refractivity contribution in [2.24, 2.45) is 5.41 Å². The monoisotopic (exact) mass is 446 g/mol. The molecule has 0 saturated carbocycles. The number of rotatable bonds is 8. The van der Waals surface area contributed by atoms with Crippen molar-refractivity contribution in [1.82, 2.24) is 4.98 Å². The highest BCUT2D eigenvalue weighted by Crippen LogP contribution is 2.52. The van der Waals surface area contributed by atoms with Crippen molar-refractivity contribution in [3.05, 3.63) is 35.3 Å². The topological polar surface area (TPSA) is 96.0 Å². The molecule has 3 heterocycles. The molecule has 0 amide bonds.